The van der Waals surface area contributed by atoms with Crippen molar-refractivity contribution in [1.82, 2.24) is 0 Å². The summed E-state index contributed by atoms with van der Waals surface area (Å²) in [5.74, 6) is -2.12. The lowest BCUT2D eigenvalue weighted by atomic mass is 9.85. The first kappa shape index (κ1) is 21.6. The van der Waals surface area contributed by atoms with E-state index in [1.54, 1.807) is 23.1 Å². The molecule has 0 N–H and O–H groups in total. The van der Waals surface area contributed by atoms with E-state index in [0.29, 0.717) is 18.5 Å². The number of benzene rings is 2. The van der Waals surface area contributed by atoms with Crippen LogP contribution in [-0.2, 0) is 19.2 Å². The van der Waals surface area contributed by atoms with E-state index < -0.39 is 11.9 Å². The molecule has 2 fully saturated rings. The van der Waals surface area contributed by atoms with Gasteiger partial charge in [-0.15, -0.1) is 0 Å². The van der Waals surface area contributed by atoms with Crippen molar-refractivity contribution >= 4 is 51.0 Å². The summed E-state index contributed by atoms with van der Waals surface area (Å²) in [5, 5.41) is 0. The summed E-state index contributed by atoms with van der Waals surface area (Å²) in [4.78, 5) is 53.7. The van der Waals surface area contributed by atoms with Gasteiger partial charge in [-0.2, -0.15) is 0 Å². The molecule has 2 heterocycles. The molecule has 2 aromatic rings. The van der Waals surface area contributed by atoms with Gasteiger partial charge in [-0.05, 0) is 49.2 Å². The number of hydrogen-bond acceptors (Lipinski definition) is 5. The lowest BCUT2D eigenvalue weighted by molar-refractivity contribution is -0.139. The average molecular weight is 509 g/mol. The second-order valence-corrected chi connectivity index (χ2v) is 9.38. The van der Waals surface area contributed by atoms with Gasteiger partial charge in [-0.3, -0.25) is 19.2 Å². The largest absolute Gasteiger partial charge is 0.426 e. The van der Waals surface area contributed by atoms with Gasteiger partial charge < -0.3 is 9.64 Å². The van der Waals surface area contributed by atoms with Crippen molar-refractivity contribution < 1.29 is 23.9 Å². The molecular formula is C25H21BrN2O5. The number of anilines is 2. The maximum atomic E-state index is 12.8. The number of fused-ring (bicyclic) bond motifs is 1. The summed E-state index contributed by atoms with van der Waals surface area (Å²) < 4.78 is 6.45. The van der Waals surface area contributed by atoms with Crippen molar-refractivity contribution in [3.05, 3.63) is 65.2 Å². The van der Waals surface area contributed by atoms with E-state index in [9.17, 15) is 19.2 Å². The highest BCUT2D eigenvalue weighted by atomic mass is 79.9. The number of rotatable bonds is 4. The lowest BCUT2D eigenvalue weighted by Gasteiger charge is -2.17. The highest BCUT2D eigenvalue weighted by molar-refractivity contribution is 9.10. The van der Waals surface area contributed by atoms with Gasteiger partial charge in [0.05, 0.1) is 23.4 Å². The van der Waals surface area contributed by atoms with Crippen LogP contribution in [0.4, 0.5) is 11.4 Å². The minimum Gasteiger partial charge on any atom is -0.426 e. The van der Waals surface area contributed by atoms with Crippen LogP contribution in [0.15, 0.2) is 65.2 Å². The minimum absolute atomic E-state index is 0.0635. The first-order valence-corrected chi connectivity index (χ1v) is 11.6. The fourth-order valence-electron chi connectivity index (χ4n) is 4.68. The van der Waals surface area contributed by atoms with Crippen LogP contribution in [0.2, 0.25) is 0 Å². The molecule has 5 rings (SSSR count). The Balaban J connectivity index is 1.29. The molecule has 2 aliphatic heterocycles. The van der Waals surface area contributed by atoms with Gasteiger partial charge >= 0.3 is 5.97 Å². The lowest BCUT2D eigenvalue weighted by Crippen LogP contribution is -2.31. The molecule has 0 saturated carbocycles. The smallest absolute Gasteiger partial charge is 0.316 e. The van der Waals surface area contributed by atoms with Crippen LogP contribution in [0, 0.1) is 17.8 Å². The second kappa shape index (κ2) is 8.59. The third kappa shape index (κ3) is 3.99. The van der Waals surface area contributed by atoms with E-state index in [2.05, 4.69) is 15.9 Å². The summed E-state index contributed by atoms with van der Waals surface area (Å²) in [6.45, 7) is 0.235. The van der Waals surface area contributed by atoms with Gasteiger partial charge in [-0.1, -0.05) is 34.1 Å². The molecule has 2 saturated heterocycles. The summed E-state index contributed by atoms with van der Waals surface area (Å²) in [7, 11) is 0. The van der Waals surface area contributed by atoms with Crippen LogP contribution < -0.4 is 14.5 Å². The third-order valence-corrected chi connectivity index (χ3v) is 6.93. The standard InChI is InChI=1S/C25H21BrN2O5/c26-16-8-10-17(11-9-16)27-14-15(12-22(27)29)25(32)33-19-5-3-4-18(13-19)28-23(30)20-6-1-2-7-21(20)24(28)31/h1-5,8-11,13,15,20-21H,6-7,12,14H2/t15-,20-,21+/m1/s1. The molecule has 0 spiro atoms. The van der Waals surface area contributed by atoms with Crippen LogP contribution in [0.25, 0.3) is 0 Å². The zero-order valence-electron chi connectivity index (χ0n) is 17.6. The minimum atomic E-state index is -0.603. The predicted octanol–water partition coefficient (Wildman–Crippen LogP) is 3.86. The molecule has 0 radical (unpaired) electrons. The first-order chi connectivity index (χ1) is 15.9. The summed E-state index contributed by atoms with van der Waals surface area (Å²) in [6.07, 6.45) is 5.06. The zero-order chi connectivity index (χ0) is 23.1. The fraction of sp³-hybridized carbons (Fsp3) is 0.280. The molecule has 0 bridgehead atoms. The number of nitrogens with zero attached hydrogens (tertiary/aromatic N) is 2. The molecule has 7 nitrogen and oxygen atoms in total. The molecule has 1 aliphatic carbocycles. The Kier molecular flexibility index (Phi) is 5.62. The van der Waals surface area contributed by atoms with Gasteiger partial charge in [0.25, 0.3) is 0 Å². The van der Waals surface area contributed by atoms with Gasteiger partial charge in [0, 0.05) is 29.2 Å². The zero-order valence-corrected chi connectivity index (χ0v) is 19.2. The van der Waals surface area contributed by atoms with E-state index in [4.69, 9.17) is 4.74 Å². The maximum absolute atomic E-state index is 12.8. The van der Waals surface area contributed by atoms with E-state index >= 15 is 0 Å². The number of carbonyl (C=O) groups excluding carboxylic acids is 4. The quantitative estimate of drug-likeness (QED) is 0.271. The predicted molar refractivity (Wildman–Crippen MR) is 125 cm³/mol. The molecule has 0 aromatic heterocycles. The van der Waals surface area contributed by atoms with Crippen LogP contribution in [0.5, 0.6) is 5.75 Å². The molecular weight excluding hydrogens is 488 g/mol. The molecule has 8 heteroatoms. The Morgan fingerprint density at radius 1 is 0.909 bits per heavy atom. The van der Waals surface area contributed by atoms with Gasteiger partial charge in [-0.25, -0.2) is 4.90 Å². The normalized spacial score (nSPS) is 24.4. The van der Waals surface area contributed by atoms with Gasteiger partial charge in [0.15, 0.2) is 0 Å². The third-order valence-electron chi connectivity index (χ3n) is 6.40. The molecule has 3 atom stereocenters. The molecule has 168 valence electrons. The number of imide groups is 1. The van der Waals surface area contributed by atoms with Crippen molar-refractivity contribution in [2.75, 3.05) is 16.3 Å². The first-order valence-electron chi connectivity index (χ1n) is 10.8. The molecule has 33 heavy (non-hydrogen) atoms. The number of allylic oxidation sites excluding steroid dienone is 2. The highest BCUT2D eigenvalue weighted by Crippen LogP contribution is 2.38. The van der Waals surface area contributed by atoms with Crippen molar-refractivity contribution in [2.45, 2.75) is 19.3 Å². The Hall–Kier alpha value is -3.26. The van der Waals surface area contributed by atoms with Crippen molar-refractivity contribution in [2.24, 2.45) is 17.8 Å². The number of esters is 1. The van der Waals surface area contributed by atoms with E-state index in [1.807, 2.05) is 36.4 Å². The average Bonchev–Trinajstić information content (AvgIpc) is 3.32. The van der Waals surface area contributed by atoms with Crippen molar-refractivity contribution in [3.8, 4) is 5.75 Å². The SMILES string of the molecule is O=C(Oc1cccc(N2C(=O)[C@H]3CC=CC[C@H]3C2=O)c1)[C@@H]1CC(=O)N(c2ccc(Br)cc2)C1. The Morgan fingerprint density at radius 3 is 2.24 bits per heavy atom. The Labute approximate surface area is 199 Å². The second-order valence-electron chi connectivity index (χ2n) is 8.47. The summed E-state index contributed by atoms with van der Waals surface area (Å²) in [6, 6.07) is 13.7. The molecule has 3 amide bonds. The number of ether oxygens (including phenoxy) is 1. The molecule has 2 aromatic carbocycles. The van der Waals surface area contributed by atoms with Crippen LogP contribution in [0.1, 0.15) is 19.3 Å². The van der Waals surface area contributed by atoms with E-state index in [1.165, 1.54) is 11.0 Å². The van der Waals surface area contributed by atoms with Gasteiger partial charge in [0.1, 0.15) is 5.75 Å². The molecule has 3 aliphatic rings. The van der Waals surface area contributed by atoms with Crippen molar-refractivity contribution in [1.29, 1.82) is 0 Å². The number of carbonyl (C=O) groups is 4. The Bertz CT molecular complexity index is 1150. The fourth-order valence-corrected chi connectivity index (χ4v) is 4.94. The Morgan fingerprint density at radius 2 is 1.58 bits per heavy atom. The monoisotopic (exact) mass is 508 g/mol. The van der Waals surface area contributed by atoms with E-state index in [0.717, 1.165) is 10.2 Å². The van der Waals surface area contributed by atoms with Crippen LogP contribution >= 0.6 is 15.9 Å². The molecule has 0 unspecified atom stereocenters. The maximum Gasteiger partial charge on any atom is 0.316 e. The number of amides is 3. The van der Waals surface area contributed by atoms with Crippen molar-refractivity contribution in [3.63, 3.8) is 0 Å². The van der Waals surface area contributed by atoms with Gasteiger partial charge in [0.2, 0.25) is 17.7 Å². The highest BCUT2D eigenvalue weighted by Gasteiger charge is 2.48. The number of halogens is 1. The van der Waals surface area contributed by atoms with E-state index in [-0.39, 0.29) is 48.3 Å². The summed E-state index contributed by atoms with van der Waals surface area (Å²) in [5.41, 5.74) is 1.12. The van der Waals surface area contributed by atoms with Crippen LogP contribution in [0.3, 0.4) is 0 Å². The number of hydrogen-bond donors (Lipinski definition) is 0. The summed E-state index contributed by atoms with van der Waals surface area (Å²) >= 11 is 3.37. The van der Waals surface area contributed by atoms with Crippen LogP contribution in [-0.4, -0.2) is 30.2 Å². The topological polar surface area (TPSA) is 84.0 Å².